The average molecular weight is 225 g/mol. The first-order valence-corrected chi connectivity index (χ1v) is 5.28. The monoisotopic (exact) mass is 225 g/mol. The van der Waals surface area contributed by atoms with E-state index in [1.54, 1.807) is 0 Å². The summed E-state index contributed by atoms with van der Waals surface area (Å²) < 4.78 is 5.11. The van der Waals surface area contributed by atoms with Crippen molar-refractivity contribution < 1.29 is 14.9 Å². The predicted molar refractivity (Wildman–Crippen MR) is 62.8 cm³/mol. The molecular weight excluding hydrogens is 206 g/mol. The molecule has 1 aromatic rings. The van der Waals surface area contributed by atoms with E-state index in [1.807, 2.05) is 19.9 Å². The number of aliphatic hydroxyl groups is 1. The smallest absolute Gasteiger partial charge is 0.164 e. The number of aryl methyl sites for hydroxylation is 2. The second kappa shape index (κ2) is 5.18. The van der Waals surface area contributed by atoms with E-state index < -0.39 is 6.10 Å². The van der Waals surface area contributed by atoms with Crippen molar-refractivity contribution in [3.8, 4) is 11.5 Å². The molecule has 0 aliphatic rings. The van der Waals surface area contributed by atoms with Gasteiger partial charge in [0.05, 0.1) is 13.2 Å². The Morgan fingerprint density at radius 3 is 2.50 bits per heavy atom. The molecule has 0 aliphatic heterocycles. The van der Waals surface area contributed by atoms with Crippen LogP contribution in [0.3, 0.4) is 0 Å². The van der Waals surface area contributed by atoms with Gasteiger partial charge in [0.15, 0.2) is 11.5 Å². The zero-order chi connectivity index (χ0) is 12.3. The fourth-order valence-electron chi connectivity index (χ4n) is 1.94. The van der Waals surface area contributed by atoms with Gasteiger partial charge in [-0.15, -0.1) is 0 Å². The van der Waals surface area contributed by atoms with E-state index in [1.165, 1.54) is 7.11 Å². The molecule has 0 spiro atoms. The number of phenolic OH excluding ortho intramolecular Hbond substituents is 1. The molecule has 0 radical (unpaired) electrons. The molecule has 0 saturated heterocycles. The van der Waals surface area contributed by atoms with E-state index in [9.17, 15) is 10.2 Å². The van der Waals surface area contributed by atoms with E-state index in [2.05, 4.69) is 0 Å². The van der Waals surface area contributed by atoms with Crippen LogP contribution in [0, 0.1) is 13.8 Å². The quantitative estimate of drug-likeness (QED) is 0.724. The van der Waals surface area contributed by atoms with Crippen LogP contribution in [0.4, 0.5) is 0 Å². The Hall–Kier alpha value is -1.26. The summed E-state index contributed by atoms with van der Waals surface area (Å²) in [6, 6.07) is 1.88. The second-order valence-corrected chi connectivity index (χ2v) is 3.90. The van der Waals surface area contributed by atoms with Crippen molar-refractivity contribution in [3.63, 3.8) is 0 Å². The van der Waals surface area contributed by atoms with Crippen LogP contribution in [-0.2, 0) is 0 Å². The molecule has 1 atom stereocenters. The Morgan fingerprint density at radius 2 is 2.00 bits per heavy atom. The fraction of sp³-hybridized carbons (Fsp3) is 0.500. The predicted octanol–water partition coefficient (Wildman–Crippen LogP) is 1.40. The molecule has 0 heterocycles. The summed E-state index contributed by atoms with van der Waals surface area (Å²) in [6.45, 7) is 4.07. The third kappa shape index (κ3) is 2.28. The first-order valence-electron chi connectivity index (χ1n) is 5.28. The van der Waals surface area contributed by atoms with E-state index in [0.29, 0.717) is 24.3 Å². The highest BCUT2D eigenvalue weighted by atomic mass is 16.5. The lowest BCUT2D eigenvalue weighted by Gasteiger charge is -2.18. The lowest BCUT2D eigenvalue weighted by Crippen LogP contribution is -2.09. The third-order valence-electron chi connectivity index (χ3n) is 2.66. The molecule has 1 unspecified atom stereocenters. The van der Waals surface area contributed by atoms with Gasteiger partial charge in [-0.2, -0.15) is 0 Å². The van der Waals surface area contributed by atoms with Gasteiger partial charge >= 0.3 is 0 Å². The van der Waals surface area contributed by atoms with Crippen molar-refractivity contribution in [1.29, 1.82) is 0 Å². The number of ether oxygens (including phenoxy) is 1. The molecule has 16 heavy (non-hydrogen) atoms. The summed E-state index contributed by atoms with van der Waals surface area (Å²) in [5.74, 6) is 0.428. The van der Waals surface area contributed by atoms with Crippen molar-refractivity contribution in [3.05, 3.63) is 22.8 Å². The molecule has 4 nitrogen and oxygen atoms in total. The van der Waals surface area contributed by atoms with Crippen LogP contribution < -0.4 is 10.5 Å². The lowest BCUT2D eigenvalue weighted by atomic mass is 9.97. The number of phenols is 1. The minimum atomic E-state index is -0.750. The summed E-state index contributed by atoms with van der Waals surface area (Å²) in [4.78, 5) is 0. The summed E-state index contributed by atoms with van der Waals surface area (Å²) in [6.07, 6.45) is -0.333. The van der Waals surface area contributed by atoms with Crippen LogP contribution in [0.1, 0.15) is 29.2 Å². The number of rotatable bonds is 4. The fourth-order valence-corrected chi connectivity index (χ4v) is 1.94. The van der Waals surface area contributed by atoms with Crippen LogP contribution in [-0.4, -0.2) is 23.9 Å². The molecule has 0 aromatic heterocycles. The van der Waals surface area contributed by atoms with Crippen LogP contribution in [0.15, 0.2) is 6.07 Å². The Bertz CT molecular complexity index is 377. The van der Waals surface area contributed by atoms with E-state index in [4.69, 9.17) is 10.5 Å². The third-order valence-corrected chi connectivity index (χ3v) is 2.66. The van der Waals surface area contributed by atoms with Gasteiger partial charge in [-0.1, -0.05) is 6.07 Å². The molecule has 0 saturated carbocycles. The molecule has 1 aromatic carbocycles. The number of hydrogen-bond donors (Lipinski definition) is 3. The highest BCUT2D eigenvalue weighted by Crippen LogP contribution is 2.39. The number of aliphatic hydroxyl groups excluding tert-OH is 1. The van der Waals surface area contributed by atoms with Gasteiger partial charge in [-0.25, -0.2) is 0 Å². The number of methoxy groups -OCH3 is 1. The molecule has 0 amide bonds. The number of nitrogens with two attached hydrogens (primary N) is 1. The topological polar surface area (TPSA) is 75.7 Å². The van der Waals surface area contributed by atoms with Crippen molar-refractivity contribution in [2.75, 3.05) is 13.7 Å². The van der Waals surface area contributed by atoms with Crippen LogP contribution in [0.2, 0.25) is 0 Å². The Balaban J connectivity index is 3.27. The largest absolute Gasteiger partial charge is 0.504 e. The van der Waals surface area contributed by atoms with Crippen molar-refractivity contribution >= 4 is 0 Å². The van der Waals surface area contributed by atoms with Gasteiger partial charge in [0.1, 0.15) is 0 Å². The maximum Gasteiger partial charge on any atom is 0.164 e. The standard InChI is InChI=1S/C12H19NO3/c1-7-6-8(2)12(16-3)11(15)10(7)9(14)4-5-13/h6,9,14-15H,4-5,13H2,1-3H3. The van der Waals surface area contributed by atoms with Crippen molar-refractivity contribution in [2.45, 2.75) is 26.4 Å². The normalized spacial score (nSPS) is 12.6. The SMILES string of the molecule is COc1c(C)cc(C)c(C(O)CCN)c1O. The Labute approximate surface area is 95.7 Å². The van der Waals surface area contributed by atoms with Gasteiger partial charge in [-0.05, 0) is 37.9 Å². The van der Waals surface area contributed by atoms with Gasteiger partial charge in [0.2, 0.25) is 0 Å². The maximum absolute atomic E-state index is 10.0. The molecule has 4 N–H and O–H groups in total. The number of hydrogen-bond acceptors (Lipinski definition) is 4. The molecule has 0 bridgehead atoms. The average Bonchev–Trinajstić information content (AvgIpc) is 2.17. The molecular formula is C12H19NO3. The van der Waals surface area contributed by atoms with Gasteiger partial charge < -0.3 is 20.7 Å². The maximum atomic E-state index is 10.0. The lowest BCUT2D eigenvalue weighted by molar-refractivity contribution is 0.165. The molecule has 0 fully saturated rings. The summed E-state index contributed by atoms with van der Waals surface area (Å²) in [7, 11) is 1.50. The van der Waals surface area contributed by atoms with E-state index in [-0.39, 0.29) is 5.75 Å². The summed E-state index contributed by atoms with van der Waals surface area (Å²) >= 11 is 0. The zero-order valence-corrected chi connectivity index (χ0v) is 9.95. The molecule has 1 rings (SSSR count). The summed E-state index contributed by atoms with van der Waals surface area (Å²) in [5.41, 5.74) is 7.59. The second-order valence-electron chi connectivity index (χ2n) is 3.90. The van der Waals surface area contributed by atoms with Crippen LogP contribution in [0.25, 0.3) is 0 Å². The van der Waals surface area contributed by atoms with Crippen LogP contribution in [0.5, 0.6) is 11.5 Å². The minimum Gasteiger partial charge on any atom is -0.504 e. The molecule has 4 heteroatoms. The van der Waals surface area contributed by atoms with E-state index in [0.717, 1.165) is 11.1 Å². The highest BCUT2D eigenvalue weighted by molar-refractivity contribution is 5.54. The van der Waals surface area contributed by atoms with Gasteiger partial charge in [-0.3, -0.25) is 0 Å². The Morgan fingerprint density at radius 1 is 1.38 bits per heavy atom. The first kappa shape index (κ1) is 12.8. The molecule has 0 aliphatic carbocycles. The first-order chi connectivity index (χ1) is 7.52. The number of benzene rings is 1. The molecule has 90 valence electrons. The zero-order valence-electron chi connectivity index (χ0n) is 9.95. The van der Waals surface area contributed by atoms with Crippen molar-refractivity contribution in [1.82, 2.24) is 0 Å². The Kier molecular flexibility index (Phi) is 4.15. The highest BCUT2D eigenvalue weighted by Gasteiger charge is 2.19. The number of aromatic hydroxyl groups is 1. The van der Waals surface area contributed by atoms with Crippen molar-refractivity contribution in [2.24, 2.45) is 5.73 Å². The van der Waals surface area contributed by atoms with Crippen LogP contribution >= 0.6 is 0 Å². The summed E-state index contributed by atoms with van der Waals surface area (Å²) in [5, 5.41) is 19.9. The minimum absolute atomic E-state index is 0.0148. The van der Waals surface area contributed by atoms with Gasteiger partial charge in [0.25, 0.3) is 0 Å². The van der Waals surface area contributed by atoms with Gasteiger partial charge in [0, 0.05) is 5.56 Å². The van der Waals surface area contributed by atoms with E-state index >= 15 is 0 Å².